The van der Waals surface area contributed by atoms with E-state index in [2.05, 4.69) is 5.32 Å². The highest BCUT2D eigenvalue weighted by molar-refractivity contribution is 5.89. The monoisotopic (exact) mass is 343 g/mol. The first-order chi connectivity index (χ1) is 12.2. The summed E-state index contributed by atoms with van der Waals surface area (Å²) in [5.41, 5.74) is 1.07. The molecule has 1 N–H and O–H groups in total. The van der Waals surface area contributed by atoms with E-state index in [-0.39, 0.29) is 24.0 Å². The third-order valence-electron chi connectivity index (χ3n) is 5.29. The Kier molecular flexibility index (Phi) is 4.27. The van der Waals surface area contributed by atoms with Crippen LogP contribution in [-0.4, -0.2) is 53.5 Å². The summed E-state index contributed by atoms with van der Waals surface area (Å²) in [4.78, 5) is 29.0. The van der Waals surface area contributed by atoms with E-state index in [1.54, 1.807) is 7.11 Å². The highest BCUT2D eigenvalue weighted by atomic mass is 16.5. The second-order valence-electron chi connectivity index (χ2n) is 7.26. The first-order valence-corrected chi connectivity index (χ1v) is 9.16. The maximum absolute atomic E-state index is 12.8. The molecular weight excluding hydrogens is 318 g/mol. The van der Waals surface area contributed by atoms with E-state index in [0.29, 0.717) is 12.6 Å². The largest absolute Gasteiger partial charge is 0.497 e. The number of nitrogens with zero attached hydrogens (tertiary/aromatic N) is 2. The van der Waals surface area contributed by atoms with E-state index >= 15 is 0 Å². The summed E-state index contributed by atoms with van der Waals surface area (Å²) in [5, 5.41) is 2.98. The van der Waals surface area contributed by atoms with Crippen molar-refractivity contribution in [2.24, 2.45) is 0 Å². The Morgan fingerprint density at radius 3 is 2.52 bits per heavy atom. The molecule has 1 aromatic rings. The van der Waals surface area contributed by atoms with Gasteiger partial charge in [0.05, 0.1) is 7.11 Å². The number of ether oxygens (including phenoxy) is 1. The van der Waals surface area contributed by atoms with Crippen LogP contribution in [0.1, 0.15) is 37.7 Å². The van der Waals surface area contributed by atoms with Crippen LogP contribution in [0.3, 0.4) is 0 Å². The number of benzene rings is 1. The number of carbonyl (C=O) groups is 2. The minimum atomic E-state index is -0.356. The molecule has 1 heterocycles. The van der Waals surface area contributed by atoms with Gasteiger partial charge in [0.1, 0.15) is 11.8 Å². The first-order valence-electron chi connectivity index (χ1n) is 9.16. The summed E-state index contributed by atoms with van der Waals surface area (Å²) >= 11 is 0. The maximum atomic E-state index is 12.8. The van der Waals surface area contributed by atoms with Crippen LogP contribution in [0.25, 0.3) is 0 Å². The molecule has 2 aliphatic carbocycles. The number of likely N-dealkylation sites (tertiary alicyclic amines) is 1. The van der Waals surface area contributed by atoms with Crippen molar-refractivity contribution in [3.63, 3.8) is 0 Å². The molecule has 1 aliphatic heterocycles. The van der Waals surface area contributed by atoms with Gasteiger partial charge in [0, 0.05) is 25.2 Å². The standard InChI is InChI=1S/C19H25N3O3/c1-25-16-8-2-13(3-9-16)12-22(15-6-7-15)19(24)20-17-10-11-21(18(17)23)14-4-5-14/h2-3,8-9,14-15,17H,4-7,10-12H2,1H3,(H,20,24). The normalized spacial score (nSPS) is 22.8. The third-order valence-corrected chi connectivity index (χ3v) is 5.29. The predicted molar refractivity (Wildman–Crippen MR) is 93.2 cm³/mol. The summed E-state index contributed by atoms with van der Waals surface area (Å²) < 4.78 is 5.18. The zero-order chi connectivity index (χ0) is 17.4. The van der Waals surface area contributed by atoms with Gasteiger partial charge in [-0.3, -0.25) is 4.79 Å². The number of hydrogen-bond acceptors (Lipinski definition) is 3. The van der Waals surface area contributed by atoms with Gasteiger partial charge in [0.2, 0.25) is 5.91 Å². The molecule has 3 aliphatic rings. The van der Waals surface area contributed by atoms with Crippen LogP contribution in [0.5, 0.6) is 5.75 Å². The molecule has 0 spiro atoms. The Morgan fingerprint density at radius 1 is 1.20 bits per heavy atom. The van der Waals surface area contributed by atoms with Gasteiger partial charge in [-0.05, 0) is 49.8 Å². The maximum Gasteiger partial charge on any atom is 0.318 e. The second-order valence-corrected chi connectivity index (χ2v) is 7.26. The Labute approximate surface area is 148 Å². The van der Waals surface area contributed by atoms with E-state index in [9.17, 15) is 9.59 Å². The summed E-state index contributed by atoms with van der Waals surface area (Å²) in [6.07, 6.45) is 5.02. The zero-order valence-electron chi connectivity index (χ0n) is 14.6. The van der Waals surface area contributed by atoms with Crippen LogP contribution in [0.2, 0.25) is 0 Å². The topological polar surface area (TPSA) is 61.9 Å². The van der Waals surface area contributed by atoms with Gasteiger partial charge < -0.3 is 19.9 Å². The zero-order valence-corrected chi connectivity index (χ0v) is 14.6. The van der Waals surface area contributed by atoms with Crippen molar-refractivity contribution in [2.75, 3.05) is 13.7 Å². The van der Waals surface area contributed by atoms with Crippen molar-refractivity contribution in [3.05, 3.63) is 29.8 Å². The minimum absolute atomic E-state index is 0.0936. The van der Waals surface area contributed by atoms with Gasteiger partial charge in [-0.2, -0.15) is 0 Å². The molecule has 1 aromatic carbocycles. The third kappa shape index (κ3) is 3.57. The van der Waals surface area contributed by atoms with E-state index in [1.165, 1.54) is 0 Å². The lowest BCUT2D eigenvalue weighted by Crippen LogP contribution is -2.48. The molecule has 25 heavy (non-hydrogen) atoms. The van der Waals surface area contributed by atoms with E-state index in [1.807, 2.05) is 34.1 Å². The number of nitrogens with one attached hydrogen (secondary N) is 1. The number of rotatable bonds is 6. The number of carbonyl (C=O) groups excluding carboxylic acids is 2. The van der Waals surface area contributed by atoms with Crippen LogP contribution in [0, 0.1) is 0 Å². The molecule has 0 aromatic heterocycles. The quantitative estimate of drug-likeness (QED) is 0.861. The fourth-order valence-corrected chi connectivity index (χ4v) is 3.50. The van der Waals surface area contributed by atoms with Crippen molar-refractivity contribution in [1.82, 2.24) is 15.1 Å². The predicted octanol–water partition coefficient (Wildman–Crippen LogP) is 2.13. The Bertz CT molecular complexity index is 652. The molecule has 6 heteroatoms. The van der Waals surface area contributed by atoms with Crippen LogP contribution in [0.4, 0.5) is 4.79 Å². The van der Waals surface area contributed by atoms with Crippen molar-refractivity contribution in [3.8, 4) is 5.75 Å². The van der Waals surface area contributed by atoms with Gasteiger partial charge >= 0.3 is 6.03 Å². The molecule has 0 bridgehead atoms. The van der Waals surface area contributed by atoms with Gasteiger partial charge in [-0.25, -0.2) is 4.79 Å². The lowest BCUT2D eigenvalue weighted by Gasteiger charge is -2.25. The van der Waals surface area contributed by atoms with E-state index in [0.717, 1.165) is 50.0 Å². The SMILES string of the molecule is COc1ccc(CN(C(=O)NC2CCN(C3CC3)C2=O)C2CC2)cc1. The van der Waals surface area contributed by atoms with E-state index in [4.69, 9.17) is 4.74 Å². The molecule has 0 radical (unpaired) electrons. The van der Waals surface area contributed by atoms with Crippen molar-refractivity contribution in [1.29, 1.82) is 0 Å². The van der Waals surface area contributed by atoms with Crippen molar-refractivity contribution >= 4 is 11.9 Å². The summed E-state index contributed by atoms with van der Waals surface area (Å²) in [6.45, 7) is 1.34. The molecule has 4 rings (SSSR count). The lowest BCUT2D eigenvalue weighted by atomic mass is 10.2. The van der Waals surface area contributed by atoms with Gasteiger partial charge in [0.25, 0.3) is 0 Å². The molecule has 1 saturated heterocycles. The highest BCUT2D eigenvalue weighted by Crippen LogP contribution is 2.32. The minimum Gasteiger partial charge on any atom is -0.497 e. The molecule has 1 atom stereocenters. The Morgan fingerprint density at radius 2 is 1.92 bits per heavy atom. The Balaban J connectivity index is 1.38. The fraction of sp³-hybridized carbons (Fsp3) is 0.579. The summed E-state index contributed by atoms with van der Waals surface area (Å²) in [6, 6.07) is 8.03. The van der Waals surface area contributed by atoms with Crippen LogP contribution in [0.15, 0.2) is 24.3 Å². The first kappa shape index (κ1) is 16.2. The molecule has 1 unspecified atom stereocenters. The molecule has 6 nitrogen and oxygen atoms in total. The Hall–Kier alpha value is -2.24. The number of urea groups is 1. The molecule has 3 fully saturated rings. The average molecular weight is 343 g/mol. The smallest absolute Gasteiger partial charge is 0.318 e. The molecule has 3 amide bonds. The molecular formula is C19H25N3O3. The second kappa shape index (κ2) is 6.58. The summed E-state index contributed by atoms with van der Waals surface area (Å²) in [7, 11) is 1.64. The van der Waals surface area contributed by atoms with E-state index < -0.39 is 0 Å². The van der Waals surface area contributed by atoms with Crippen LogP contribution in [-0.2, 0) is 11.3 Å². The van der Waals surface area contributed by atoms with Gasteiger partial charge in [-0.1, -0.05) is 12.1 Å². The highest BCUT2D eigenvalue weighted by Gasteiger charge is 2.42. The average Bonchev–Trinajstić information content (AvgIpc) is 3.53. The van der Waals surface area contributed by atoms with Gasteiger partial charge in [0.15, 0.2) is 0 Å². The number of amides is 3. The lowest BCUT2D eigenvalue weighted by molar-refractivity contribution is -0.129. The van der Waals surface area contributed by atoms with Crippen molar-refractivity contribution < 1.29 is 14.3 Å². The fourth-order valence-electron chi connectivity index (χ4n) is 3.50. The molecule has 2 saturated carbocycles. The number of methoxy groups -OCH3 is 1. The van der Waals surface area contributed by atoms with Crippen LogP contribution >= 0.6 is 0 Å². The van der Waals surface area contributed by atoms with Crippen LogP contribution < -0.4 is 10.1 Å². The number of hydrogen-bond donors (Lipinski definition) is 1. The van der Waals surface area contributed by atoms with Gasteiger partial charge in [-0.15, -0.1) is 0 Å². The van der Waals surface area contributed by atoms with Crippen molar-refractivity contribution in [2.45, 2.75) is 56.8 Å². The summed E-state index contributed by atoms with van der Waals surface area (Å²) in [5.74, 6) is 0.902. The molecule has 134 valence electrons.